The third kappa shape index (κ3) is 0.883. The maximum Gasteiger partial charge on any atom is 0.221 e. The van der Waals surface area contributed by atoms with Crippen molar-refractivity contribution in [3.63, 3.8) is 0 Å². The molecule has 2 bridgehead atoms. The lowest BCUT2D eigenvalue weighted by Crippen LogP contribution is -2.33. The predicted octanol–water partition coefficient (Wildman–Crippen LogP) is 1.30. The van der Waals surface area contributed by atoms with Gasteiger partial charge in [0.25, 0.3) is 0 Å². The van der Waals surface area contributed by atoms with Gasteiger partial charge in [-0.2, -0.15) is 0 Å². The number of hydrogen-bond donors (Lipinski definition) is 1. The second-order valence-corrected chi connectivity index (χ2v) is 4.45. The summed E-state index contributed by atoms with van der Waals surface area (Å²) in [5.74, 6) is 0.911. The molecule has 1 amide bonds. The topological polar surface area (TPSA) is 43.1 Å². The van der Waals surface area contributed by atoms with Crippen molar-refractivity contribution < 1.29 is 4.79 Å². The van der Waals surface area contributed by atoms with Gasteiger partial charge in [0.15, 0.2) is 0 Å². The summed E-state index contributed by atoms with van der Waals surface area (Å²) in [5.41, 5.74) is 5.60. The normalized spacial score (nSPS) is 48.1. The number of carbonyl (C=O) groups excluding carboxylic acids is 1. The van der Waals surface area contributed by atoms with Crippen molar-refractivity contribution in [1.29, 1.82) is 0 Å². The molecule has 2 fully saturated rings. The predicted molar refractivity (Wildman–Crippen MR) is 42.7 cm³/mol. The summed E-state index contributed by atoms with van der Waals surface area (Å²) in [6.45, 7) is 2.22. The Morgan fingerprint density at radius 2 is 2.36 bits per heavy atom. The third-order valence-electron chi connectivity index (χ3n) is 3.63. The molecule has 0 spiro atoms. The van der Waals surface area contributed by atoms with Crippen molar-refractivity contribution in [3.8, 4) is 0 Å². The second kappa shape index (κ2) is 1.99. The fourth-order valence-electron chi connectivity index (χ4n) is 2.99. The molecule has 2 saturated carbocycles. The van der Waals surface area contributed by atoms with Gasteiger partial charge in [0.2, 0.25) is 5.91 Å². The van der Waals surface area contributed by atoms with Crippen LogP contribution in [0.25, 0.3) is 0 Å². The van der Waals surface area contributed by atoms with Gasteiger partial charge in [-0.25, -0.2) is 0 Å². The van der Waals surface area contributed by atoms with Crippen LogP contribution in [0.2, 0.25) is 0 Å². The first-order valence-electron chi connectivity index (χ1n) is 4.41. The maximum atomic E-state index is 11.0. The van der Waals surface area contributed by atoms with Crippen LogP contribution in [0.5, 0.6) is 0 Å². The molecule has 2 aliphatic rings. The van der Waals surface area contributed by atoms with Crippen molar-refractivity contribution in [2.24, 2.45) is 23.0 Å². The number of nitrogens with two attached hydrogens (primary N) is 1. The van der Waals surface area contributed by atoms with Gasteiger partial charge in [-0.15, -0.1) is 0 Å². The Morgan fingerprint density at radius 1 is 1.64 bits per heavy atom. The number of rotatable bonds is 1. The average molecular weight is 153 g/mol. The molecule has 0 aliphatic heterocycles. The highest BCUT2D eigenvalue weighted by Gasteiger charge is 2.50. The van der Waals surface area contributed by atoms with Gasteiger partial charge in [0.05, 0.1) is 0 Å². The minimum absolute atomic E-state index is 0.0744. The average Bonchev–Trinajstić information content (AvgIpc) is 2.41. The number of fused-ring (bicyclic) bond motifs is 2. The molecule has 0 aromatic carbocycles. The van der Waals surface area contributed by atoms with E-state index < -0.39 is 0 Å². The van der Waals surface area contributed by atoms with Crippen LogP contribution in [0, 0.1) is 17.3 Å². The van der Waals surface area contributed by atoms with Gasteiger partial charge in [-0.3, -0.25) is 4.79 Å². The Hall–Kier alpha value is -0.530. The van der Waals surface area contributed by atoms with Gasteiger partial charge in [-0.05, 0) is 37.0 Å². The van der Waals surface area contributed by atoms with Crippen LogP contribution in [-0.2, 0) is 4.79 Å². The highest BCUT2D eigenvalue weighted by Crippen LogP contribution is 2.57. The minimum atomic E-state index is -0.0744. The molecular weight excluding hydrogens is 138 g/mol. The molecule has 2 aliphatic carbocycles. The lowest BCUT2D eigenvalue weighted by atomic mass is 9.76. The molecule has 0 heterocycles. The van der Waals surface area contributed by atoms with E-state index in [0.29, 0.717) is 0 Å². The number of hydrogen-bond acceptors (Lipinski definition) is 1. The highest BCUT2D eigenvalue weighted by molar-refractivity contribution is 5.78. The fourth-order valence-corrected chi connectivity index (χ4v) is 2.99. The molecule has 11 heavy (non-hydrogen) atoms. The van der Waals surface area contributed by atoms with E-state index in [1.165, 1.54) is 19.3 Å². The fraction of sp³-hybridized carbons (Fsp3) is 0.889. The van der Waals surface area contributed by atoms with Crippen LogP contribution >= 0.6 is 0 Å². The molecule has 0 radical (unpaired) electrons. The Morgan fingerprint density at radius 3 is 2.64 bits per heavy atom. The van der Waals surface area contributed by atoms with Gasteiger partial charge in [0, 0.05) is 5.92 Å². The van der Waals surface area contributed by atoms with E-state index in [4.69, 9.17) is 5.73 Å². The molecule has 0 saturated heterocycles. The molecule has 2 N–H and O–H groups in total. The van der Waals surface area contributed by atoms with E-state index in [0.717, 1.165) is 12.3 Å². The van der Waals surface area contributed by atoms with Crippen LogP contribution in [0.15, 0.2) is 0 Å². The SMILES string of the molecule is CC12CCC(CC1C(N)=O)C2. The molecule has 0 aromatic heterocycles. The van der Waals surface area contributed by atoms with E-state index in [1.807, 2.05) is 0 Å². The molecule has 2 rings (SSSR count). The van der Waals surface area contributed by atoms with Crippen LogP contribution in [0.4, 0.5) is 0 Å². The van der Waals surface area contributed by atoms with Crippen molar-refractivity contribution in [2.75, 3.05) is 0 Å². The van der Waals surface area contributed by atoms with E-state index in [9.17, 15) is 4.79 Å². The van der Waals surface area contributed by atoms with Crippen LogP contribution in [0.1, 0.15) is 32.6 Å². The zero-order valence-electron chi connectivity index (χ0n) is 6.97. The monoisotopic (exact) mass is 153 g/mol. The smallest absolute Gasteiger partial charge is 0.221 e. The first kappa shape index (κ1) is 7.14. The Balaban J connectivity index is 2.21. The highest BCUT2D eigenvalue weighted by atomic mass is 16.1. The Bertz CT molecular complexity index is 202. The van der Waals surface area contributed by atoms with E-state index in [-0.39, 0.29) is 17.2 Å². The molecule has 2 nitrogen and oxygen atoms in total. The lowest BCUT2D eigenvalue weighted by Gasteiger charge is -2.28. The lowest BCUT2D eigenvalue weighted by molar-refractivity contribution is -0.125. The molecular formula is C9H15NO. The van der Waals surface area contributed by atoms with Crippen LogP contribution in [-0.4, -0.2) is 5.91 Å². The Labute approximate surface area is 67.1 Å². The molecule has 2 heteroatoms. The largest absolute Gasteiger partial charge is 0.369 e. The molecule has 0 aromatic rings. The third-order valence-corrected chi connectivity index (χ3v) is 3.63. The van der Waals surface area contributed by atoms with Gasteiger partial charge in [0.1, 0.15) is 0 Å². The van der Waals surface area contributed by atoms with Gasteiger partial charge < -0.3 is 5.73 Å². The first-order chi connectivity index (χ1) is 5.12. The Kier molecular flexibility index (Phi) is 1.29. The zero-order valence-corrected chi connectivity index (χ0v) is 6.97. The van der Waals surface area contributed by atoms with Crippen LogP contribution in [0.3, 0.4) is 0 Å². The van der Waals surface area contributed by atoms with Crippen molar-refractivity contribution in [3.05, 3.63) is 0 Å². The van der Waals surface area contributed by atoms with Crippen molar-refractivity contribution >= 4 is 5.91 Å². The minimum Gasteiger partial charge on any atom is -0.369 e. The summed E-state index contributed by atoms with van der Waals surface area (Å²) in [6.07, 6.45) is 4.83. The van der Waals surface area contributed by atoms with E-state index in [2.05, 4.69) is 6.92 Å². The summed E-state index contributed by atoms with van der Waals surface area (Å²) in [4.78, 5) is 11.0. The van der Waals surface area contributed by atoms with Crippen molar-refractivity contribution in [2.45, 2.75) is 32.6 Å². The summed E-state index contributed by atoms with van der Waals surface area (Å²) in [7, 11) is 0. The summed E-state index contributed by atoms with van der Waals surface area (Å²) in [5, 5.41) is 0. The number of carbonyl (C=O) groups is 1. The second-order valence-electron chi connectivity index (χ2n) is 4.45. The summed E-state index contributed by atoms with van der Waals surface area (Å²) >= 11 is 0. The van der Waals surface area contributed by atoms with Gasteiger partial charge >= 0.3 is 0 Å². The van der Waals surface area contributed by atoms with E-state index >= 15 is 0 Å². The van der Waals surface area contributed by atoms with Crippen LogP contribution < -0.4 is 5.73 Å². The van der Waals surface area contributed by atoms with Crippen molar-refractivity contribution in [1.82, 2.24) is 0 Å². The van der Waals surface area contributed by atoms with E-state index in [1.54, 1.807) is 0 Å². The standard InChI is InChI=1S/C9H15NO/c1-9-3-2-6(5-9)4-7(9)8(10)11/h6-7H,2-5H2,1H3,(H2,10,11). The number of primary amides is 1. The summed E-state index contributed by atoms with van der Waals surface area (Å²) < 4.78 is 0. The number of amides is 1. The maximum absolute atomic E-state index is 11.0. The molecule has 3 atom stereocenters. The quantitative estimate of drug-likeness (QED) is 0.606. The molecule has 62 valence electrons. The zero-order chi connectivity index (χ0) is 8.06. The molecule has 3 unspecified atom stereocenters. The first-order valence-corrected chi connectivity index (χ1v) is 4.41. The van der Waals surface area contributed by atoms with Gasteiger partial charge in [-0.1, -0.05) is 6.92 Å². The summed E-state index contributed by atoms with van der Waals surface area (Å²) in [6, 6.07) is 0.